The summed E-state index contributed by atoms with van der Waals surface area (Å²) in [4.78, 5) is 11.2. The summed E-state index contributed by atoms with van der Waals surface area (Å²) in [5.41, 5.74) is 0. The molecule has 1 fully saturated rings. The maximum absolute atomic E-state index is 11.2. The molecule has 1 aliphatic rings. The van der Waals surface area contributed by atoms with E-state index in [1.807, 2.05) is 6.92 Å². The van der Waals surface area contributed by atoms with Gasteiger partial charge in [0.25, 0.3) is 0 Å². The van der Waals surface area contributed by atoms with Crippen LogP contribution in [0.1, 0.15) is 32.6 Å². The average Bonchev–Trinajstić information content (AvgIpc) is 2.96. The van der Waals surface area contributed by atoms with Gasteiger partial charge in [-0.05, 0) is 19.3 Å². The van der Waals surface area contributed by atoms with E-state index in [4.69, 9.17) is 5.26 Å². The van der Waals surface area contributed by atoms with Gasteiger partial charge in [0.15, 0.2) is 0 Å². The second-order valence-corrected chi connectivity index (χ2v) is 3.64. The lowest BCUT2D eigenvalue weighted by Gasteiger charge is -2.08. The first kappa shape index (κ1) is 11.0. The largest absolute Gasteiger partial charge is 0.353 e. The van der Waals surface area contributed by atoms with Crippen molar-refractivity contribution in [1.82, 2.24) is 10.6 Å². The Morgan fingerprint density at radius 3 is 2.86 bits per heavy atom. The average molecular weight is 195 g/mol. The second kappa shape index (κ2) is 5.61. The minimum atomic E-state index is -0.122. The molecule has 1 rings (SSSR count). The smallest absolute Gasteiger partial charge is 0.221 e. The molecular formula is C10H17N3O. The normalized spacial score (nSPS) is 17.1. The number of hydrogen-bond acceptors (Lipinski definition) is 3. The Balaban J connectivity index is 2.01. The van der Waals surface area contributed by atoms with Crippen LogP contribution in [-0.2, 0) is 4.79 Å². The number of amides is 1. The van der Waals surface area contributed by atoms with Crippen molar-refractivity contribution < 1.29 is 4.79 Å². The molecule has 1 saturated carbocycles. The van der Waals surface area contributed by atoms with Gasteiger partial charge in [-0.3, -0.25) is 4.79 Å². The van der Waals surface area contributed by atoms with E-state index in [1.54, 1.807) is 0 Å². The molecule has 0 aromatic carbocycles. The predicted molar refractivity (Wildman–Crippen MR) is 53.5 cm³/mol. The Morgan fingerprint density at radius 1 is 1.64 bits per heavy atom. The highest BCUT2D eigenvalue weighted by molar-refractivity contribution is 5.76. The molecule has 1 unspecified atom stereocenters. The number of nitrogens with zero attached hydrogens (tertiary/aromatic N) is 1. The lowest BCUT2D eigenvalue weighted by molar-refractivity contribution is -0.121. The zero-order chi connectivity index (χ0) is 10.4. The quantitative estimate of drug-likeness (QED) is 0.650. The summed E-state index contributed by atoms with van der Waals surface area (Å²) in [5.74, 6) is 0.0905. The highest BCUT2D eigenvalue weighted by Crippen LogP contribution is 2.18. The molecule has 1 atom stereocenters. The minimum absolute atomic E-state index is 0.0905. The van der Waals surface area contributed by atoms with E-state index in [2.05, 4.69) is 16.7 Å². The van der Waals surface area contributed by atoms with Gasteiger partial charge in [-0.25, -0.2) is 0 Å². The summed E-state index contributed by atoms with van der Waals surface area (Å²) in [7, 11) is 0. The van der Waals surface area contributed by atoms with Gasteiger partial charge in [0.05, 0.1) is 12.1 Å². The highest BCUT2D eigenvalue weighted by atomic mass is 16.1. The molecule has 78 valence electrons. The molecule has 0 spiro atoms. The topological polar surface area (TPSA) is 64.9 Å². The van der Waals surface area contributed by atoms with Crippen LogP contribution in [0, 0.1) is 11.3 Å². The van der Waals surface area contributed by atoms with Gasteiger partial charge >= 0.3 is 0 Å². The van der Waals surface area contributed by atoms with Gasteiger partial charge in [-0.2, -0.15) is 5.26 Å². The molecule has 1 amide bonds. The fraction of sp³-hybridized carbons (Fsp3) is 0.800. The molecule has 0 aromatic heterocycles. The van der Waals surface area contributed by atoms with Crippen LogP contribution in [0.2, 0.25) is 0 Å². The molecule has 0 heterocycles. The van der Waals surface area contributed by atoms with Crippen molar-refractivity contribution in [3.05, 3.63) is 0 Å². The molecule has 0 radical (unpaired) electrons. The SMILES string of the molecule is CCC(C#N)NCCC(=O)NC1CC1. The molecule has 2 N–H and O–H groups in total. The van der Waals surface area contributed by atoms with Crippen LogP contribution in [0.15, 0.2) is 0 Å². The van der Waals surface area contributed by atoms with Gasteiger partial charge in [-0.15, -0.1) is 0 Å². The van der Waals surface area contributed by atoms with E-state index in [0.717, 1.165) is 19.3 Å². The first-order valence-electron chi connectivity index (χ1n) is 5.18. The van der Waals surface area contributed by atoms with Crippen molar-refractivity contribution in [3.63, 3.8) is 0 Å². The molecule has 4 heteroatoms. The third-order valence-electron chi connectivity index (χ3n) is 2.25. The maximum atomic E-state index is 11.2. The first-order valence-corrected chi connectivity index (χ1v) is 5.18. The van der Waals surface area contributed by atoms with Gasteiger partial charge in [0.2, 0.25) is 5.91 Å². The van der Waals surface area contributed by atoms with Gasteiger partial charge in [0.1, 0.15) is 0 Å². The van der Waals surface area contributed by atoms with Gasteiger partial charge < -0.3 is 10.6 Å². The number of rotatable bonds is 6. The first-order chi connectivity index (χ1) is 6.76. The molecule has 0 aliphatic heterocycles. The van der Waals surface area contributed by atoms with E-state index >= 15 is 0 Å². The predicted octanol–water partition coefficient (Wildman–Crippen LogP) is 0.547. The van der Waals surface area contributed by atoms with Crippen molar-refractivity contribution in [2.75, 3.05) is 6.54 Å². The van der Waals surface area contributed by atoms with E-state index in [9.17, 15) is 4.79 Å². The number of carbonyl (C=O) groups is 1. The third-order valence-corrected chi connectivity index (χ3v) is 2.25. The zero-order valence-corrected chi connectivity index (χ0v) is 8.55. The Kier molecular flexibility index (Phi) is 4.41. The summed E-state index contributed by atoms with van der Waals surface area (Å²) in [6.07, 6.45) is 3.49. The molecular weight excluding hydrogens is 178 g/mol. The summed E-state index contributed by atoms with van der Waals surface area (Å²) < 4.78 is 0. The van der Waals surface area contributed by atoms with Crippen molar-refractivity contribution in [2.45, 2.75) is 44.7 Å². The lowest BCUT2D eigenvalue weighted by Crippen LogP contribution is -2.33. The summed E-state index contributed by atoms with van der Waals surface area (Å²) in [6, 6.07) is 2.45. The van der Waals surface area contributed by atoms with Crippen molar-refractivity contribution in [1.29, 1.82) is 5.26 Å². The number of nitrogens with one attached hydrogen (secondary N) is 2. The second-order valence-electron chi connectivity index (χ2n) is 3.64. The Hall–Kier alpha value is -1.08. The van der Waals surface area contributed by atoms with Crippen LogP contribution in [0.3, 0.4) is 0 Å². The monoisotopic (exact) mass is 195 g/mol. The van der Waals surface area contributed by atoms with E-state index in [0.29, 0.717) is 19.0 Å². The Labute approximate surface area is 84.7 Å². The summed E-state index contributed by atoms with van der Waals surface area (Å²) in [5, 5.41) is 14.6. The van der Waals surface area contributed by atoms with E-state index in [-0.39, 0.29) is 11.9 Å². The number of carbonyl (C=O) groups excluding carboxylic acids is 1. The highest BCUT2D eigenvalue weighted by Gasteiger charge is 2.22. The fourth-order valence-corrected chi connectivity index (χ4v) is 1.17. The standard InChI is InChI=1S/C10H17N3O/c1-2-8(7-11)12-6-5-10(14)13-9-3-4-9/h8-9,12H,2-6H2,1H3,(H,13,14). The van der Waals surface area contributed by atoms with Crippen LogP contribution in [-0.4, -0.2) is 24.5 Å². The molecule has 0 saturated heterocycles. The molecule has 0 aromatic rings. The molecule has 0 bridgehead atoms. The fourth-order valence-electron chi connectivity index (χ4n) is 1.17. The Bertz CT molecular complexity index is 230. The third kappa shape index (κ3) is 4.24. The summed E-state index contributed by atoms with van der Waals surface area (Å²) in [6.45, 7) is 2.54. The van der Waals surface area contributed by atoms with Crippen LogP contribution < -0.4 is 10.6 Å². The minimum Gasteiger partial charge on any atom is -0.353 e. The van der Waals surface area contributed by atoms with Gasteiger partial charge in [0, 0.05) is 19.0 Å². The Morgan fingerprint density at radius 2 is 2.36 bits per heavy atom. The lowest BCUT2D eigenvalue weighted by atomic mass is 10.2. The van der Waals surface area contributed by atoms with Crippen molar-refractivity contribution in [2.24, 2.45) is 0 Å². The van der Waals surface area contributed by atoms with E-state index < -0.39 is 0 Å². The summed E-state index contributed by atoms with van der Waals surface area (Å²) >= 11 is 0. The van der Waals surface area contributed by atoms with Crippen LogP contribution in [0.25, 0.3) is 0 Å². The zero-order valence-electron chi connectivity index (χ0n) is 8.55. The van der Waals surface area contributed by atoms with Crippen LogP contribution >= 0.6 is 0 Å². The van der Waals surface area contributed by atoms with Crippen LogP contribution in [0.4, 0.5) is 0 Å². The van der Waals surface area contributed by atoms with Crippen molar-refractivity contribution >= 4 is 5.91 Å². The number of nitriles is 1. The molecule has 1 aliphatic carbocycles. The molecule has 14 heavy (non-hydrogen) atoms. The van der Waals surface area contributed by atoms with Crippen molar-refractivity contribution in [3.8, 4) is 6.07 Å². The molecule has 4 nitrogen and oxygen atoms in total. The van der Waals surface area contributed by atoms with Gasteiger partial charge in [-0.1, -0.05) is 6.92 Å². The van der Waals surface area contributed by atoms with Crippen LogP contribution in [0.5, 0.6) is 0 Å². The number of hydrogen-bond donors (Lipinski definition) is 2. The maximum Gasteiger partial charge on any atom is 0.221 e. The van der Waals surface area contributed by atoms with E-state index in [1.165, 1.54) is 0 Å².